The second-order valence-corrected chi connectivity index (χ2v) is 8.97. The highest BCUT2D eigenvalue weighted by molar-refractivity contribution is 14.1. The van der Waals surface area contributed by atoms with E-state index < -0.39 is 36.0 Å². The molecule has 9 heteroatoms. The van der Waals surface area contributed by atoms with Gasteiger partial charge in [-0.3, -0.25) is 4.79 Å². The van der Waals surface area contributed by atoms with Crippen LogP contribution in [0.25, 0.3) is 0 Å². The zero-order chi connectivity index (χ0) is 25.5. The van der Waals surface area contributed by atoms with Gasteiger partial charge in [0.25, 0.3) is 5.91 Å². The van der Waals surface area contributed by atoms with Gasteiger partial charge in [-0.05, 0) is 85.0 Å². The second kappa shape index (κ2) is 11.6. The molecular weight excluding hydrogens is 565 g/mol. The Bertz CT molecular complexity index is 1260. The number of aliphatic carboxylic acids is 1. The molecule has 3 rings (SSSR count). The number of carboxylic acid groups (broad SMARTS) is 1. The molecule has 8 nitrogen and oxygen atoms in total. The van der Waals surface area contributed by atoms with Gasteiger partial charge in [0.1, 0.15) is 0 Å². The van der Waals surface area contributed by atoms with Crippen molar-refractivity contribution >= 4 is 52.1 Å². The van der Waals surface area contributed by atoms with E-state index in [-0.39, 0.29) is 11.1 Å². The van der Waals surface area contributed by atoms with Gasteiger partial charge in [-0.15, -0.1) is 0 Å². The smallest absolute Gasteiger partial charge is 0.349 e. The van der Waals surface area contributed by atoms with E-state index in [0.29, 0.717) is 5.69 Å². The van der Waals surface area contributed by atoms with Gasteiger partial charge >= 0.3 is 17.9 Å². The number of amides is 1. The minimum atomic E-state index is -2.10. The number of ether oxygens (including phenoxy) is 2. The molecule has 0 heterocycles. The lowest BCUT2D eigenvalue weighted by Crippen LogP contribution is -2.48. The number of nitrogens with one attached hydrogen (secondary N) is 1. The van der Waals surface area contributed by atoms with Gasteiger partial charge in [0.15, 0.2) is 0 Å². The highest BCUT2D eigenvalue weighted by atomic mass is 127. The predicted molar refractivity (Wildman–Crippen MR) is 136 cm³/mol. The van der Waals surface area contributed by atoms with Crippen molar-refractivity contribution < 1.29 is 33.8 Å². The Labute approximate surface area is 215 Å². The zero-order valence-corrected chi connectivity index (χ0v) is 21.0. The summed E-state index contributed by atoms with van der Waals surface area (Å²) in [4.78, 5) is 50.7. The number of carbonyl (C=O) groups excluding carboxylic acids is 3. The summed E-state index contributed by atoms with van der Waals surface area (Å²) in [6, 6.07) is 19.4. The molecule has 2 atom stereocenters. The Morgan fingerprint density at radius 3 is 1.71 bits per heavy atom. The molecule has 0 unspecified atom stereocenters. The first-order valence-corrected chi connectivity index (χ1v) is 11.6. The number of carboxylic acids is 1. The molecule has 0 saturated carbocycles. The minimum absolute atomic E-state index is 0.0954. The zero-order valence-electron chi connectivity index (χ0n) is 18.9. The van der Waals surface area contributed by atoms with Crippen LogP contribution in [-0.4, -0.2) is 41.1 Å². The first kappa shape index (κ1) is 25.9. The number of aryl methyl sites for hydroxylation is 2. The van der Waals surface area contributed by atoms with Crippen LogP contribution in [0.15, 0.2) is 72.8 Å². The summed E-state index contributed by atoms with van der Waals surface area (Å²) >= 11 is 2.09. The topological polar surface area (TPSA) is 119 Å². The van der Waals surface area contributed by atoms with E-state index in [0.717, 1.165) is 14.7 Å². The van der Waals surface area contributed by atoms with E-state index in [1.165, 1.54) is 24.3 Å². The lowest BCUT2D eigenvalue weighted by Gasteiger charge is -2.23. The van der Waals surface area contributed by atoms with Crippen LogP contribution >= 0.6 is 22.6 Å². The SMILES string of the molecule is Cc1cccc(C(=O)O[C@H](C(=O)O)[C@@H](OC(=O)c2cccc(C)c2)C(=O)Nc2ccc(I)cc2)c1. The molecule has 3 aromatic rings. The highest BCUT2D eigenvalue weighted by Gasteiger charge is 2.41. The third-order valence-electron chi connectivity index (χ3n) is 4.86. The van der Waals surface area contributed by atoms with Crippen molar-refractivity contribution in [3.63, 3.8) is 0 Å². The molecule has 35 heavy (non-hydrogen) atoms. The van der Waals surface area contributed by atoms with Crippen molar-refractivity contribution in [3.05, 3.63) is 98.6 Å². The first-order chi connectivity index (χ1) is 16.6. The average molecular weight is 587 g/mol. The minimum Gasteiger partial charge on any atom is -0.478 e. The van der Waals surface area contributed by atoms with Crippen LogP contribution in [0.4, 0.5) is 5.69 Å². The maximum absolute atomic E-state index is 13.1. The molecule has 0 aliphatic rings. The quantitative estimate of drug-likeness (QED) is 0.297. The lowest BCUT2D eigenvalue weighted by molar-refractivity contribution is -0.157. The van der Waals surface area contributed by atoms with Crippen LogP contribution in [0.1, 0.15) is 31.8 Å². The van der Waals surface area contributed by atoms with E-state index in [1.807, 2.05) is 0 Å². The predicted octanol–water partition coefficient (Wildman–Crippen LogP) is 4.38. The monoisotopic (exact) mass is 587 g/mol. The summed E-state index contributed by atoms with van der Waals surface area (Å²) in [5.74, 6) is -4.52. The van der Waals surface area contributed by atoms with Crippen molar-refractivity contribution in [1.82, 2.24) is 0 Å². The molecule has 0 aliphatic carbocycles. The summed E-state index contributed by atoms with van der Waals surface area (Å²) in [7, 11) is 0. The van der Waals surface area contributed by atoms with Crippen molar-refractivity contribution in [2.75, 3.05) is 5.32 Å². The van der Waals surface area contributed by atoms with Crippen molar-refractivity contribution in [2.24, 2.45) is 0 Å². The Hall–Kier alpha value is -3.73. The van der Waals surface area contributed by atoms with Gasteiger partial charge in [0.05, 0.1) is 11.1 Å². The average Bonchev–Trinajstić information content (AvgIpc) is 2.82. The molecule has 3 aromatic carbocycles. The van der Waals surface area contributed by atoms with E-state index in [4.69, 9.17) is 9.47 Å². The molecule has 0 saturated heterocycles. The summed E-state index contributed by atoms with van der Waals surface area (Å²) in [6.45, 7) is 3.52. The fraction of sp³-hybridized carbons (Fsp3) is 0.154. The Morgan fingerprint density at radius 1 is 0.771 bits per heavy atom. The highest BCUT2D eigenvalue weighted by Crippen LogP contribution is 2.18. The molecule has 180 valence electrons. The van der Waals surface area contributed by atoms with E-state index in [2.05, 4.69) is 27.9 Å². The third kappa shape index (κ3) is 7.12. The molecule has 2 N–H and O–H groups in total. The number of rotatable bonds is 8. The van der Waals surface area contributed by atoms with Crippen LogP contribution in [0.5, 0.6) is 0 Å². The van der Waals surface area contributed by atoms with Crippen LogP contribution in [-0.2, 0) is 19.1 Å². The van der Waals surface area contributed by atoms with Gasteiger partial charge in [-0.25, -0.2) is 14.4 Å². The summed E-state index contributed by atoms with van der Waals surface area (Å²) in [5, 5.41) is 12.3. The summed E-state index contributed by atoms with van der Waals surface area (Å²) in [5.41, 5.74) is 2.08. The van der Waals surface area contributed by atoms with Crippen molar-refractivity contribution in [1.29, 1.82) is 0 Å². The van der Waals surface area contributed by atoms with Crippen LogP contribution in [0.3, 0.4) is 0 Å². The molecule has 0 aliphatic heterocycles. The fourth-order valence-corrected chi connectivity index (χ4v) is 3.51. The maximum Gasteiger partial charge on any atom is 0.349 e. The standard InChI is InChI=1S/C26H22INO7/c1-15-5-3-7-17(13-15)25(32)34-21(23(29)28-20-11-9-19(27)10-12-20)22(24(30)31)35-26(33)18-8-4-6-16(2)14-18/h3-14,21-22H,1-2H3,(H,28,29)(H,30,31)/t21-,22+/m1/s1. The number of halogens is 1. The second-order valence-electron chi connectivity index (χ2n) is 7.73. The Balaban J connectivity index is 1.91. The van der Waals surface area contributed by atoms with Gasteiger partial charge in [-0.2, -0.15) is 0 Å². The number of esters is 2. The largest absolute Gasteiger partial charge is 0.478 e. The first-order valence-electron chi connectivity index (χ1n) is 10.5. The summed E-state index contributed by atoms with van der Waals surface area (Å²) in [6.07, 6.45) is -4.06. The van der Waals surface area contributed by atoms with Crippen LogP contribution in [0.2, 0.25) is 0 Å². The van der Waals surface area contributed by atoms with E-state index >= 15 is 0 Å². The van der Waals surface area contributed by atoms with Gasteiger partial charge in [-0.1, -0.05) is 35.4 Å². The molecule has 0 radical (unpaired) electrons. The van der Waals surface area contributed by atoms with E-state index in [9.17, 15) is 24.3 Å². The van der Waals surface area contributed by atoms with Gasteiger partial charge in [0, 0.05) is 9.26 Å². The number of hydrogen-bond donors (Lipinski definition) is 2. The Kier molecular flexibility index (Phi) is 8.58. The third-order valence-corrected chi connectivity index (χ3v) is 5.58. The van der Waals surface area contributed by atoms with Gasteiger partial charge in [0.2, 0.25) is 12.2 Å². The van der Waals surface area contributed by atoms with Crippen LogP contribution in [0, 0.1) is 17.4 Å². The number of anilines is 1. The van der Waals surface area contributed by atoms with Crippen LogP contribution < -0.4 is 5.32 Å². The van der Waals surface area contributed by atoms with Crippen molar-refractivity contribution in [2.45, 2.75) is 26.1 Å². The molecular formula is C26H22INO7. The molecule has 0 fully saturated rings. The van der Waals surface area contributed by atoms with Crippen molar-refractivity contribution in [3.8, 4) is 0 Å². The van der Waals surface area contributed by atoms with Gasteiger partial charge < -0.3 is 19.9 Å². The molecule has 1 amide bonds. The number of benzene rings is 3. The number of hydrogen-bond acceptors (Lipinski definition) is 6. The lowest BCUT2D eigenvalue weighted by atomic mass is 10.1. The van der Waals surface area contributed by atoms with E-state index in [1.54, 1.807) is 62.4 Å². The maximum atomic E-state index is 13.1. The summed E-state index contributed by atoms with van der Waals surface area (Å²) < 4.78 is 11.4. The molecule has 0 aromatic heterocycles. The molecule has 0 spiro atoms. The normalized spacial score (nSPS) is 12.2. The molecule has 0 bridgehead atoms. The fourth-order valence-electron chi connectivity index (χ4n) is 3.15. The number of carbonyl (C=O) groups is 4. The Morgan fingerprint density at radius 2 is 1.26 bits per heavy atom.